The van der Waals surface area contributed by atoms with E-state index < -0.39 is 4.87 Å². The molecule has 2 unspecified atom stereocenters. The molecule has 0 bridgehead atoms. The number of hydrogen-bond acceptors (Lipinski definition) is 5. The molecular formula is C29H30N4O2S. The van der Waals surface area contributed by atoms with E-state index >= 15 is 0 Å². The third kappa shape index (κ3) is 3.82. The molecule has 0 radical (unpaired) electrons. The lowest BCUT2D eigenvalue weighted by atomic mass is 10.0. The van der Waals surface area contributed by atoms with Crippen molar-refractivity contribution in [2.45, 2.75) is 23.6 Å². The van der Waals surface area contributed by atoms with Crippen LogP contribution >= 0.6 is 11.8 Å². The molecule has 2 fully saturated rings. The van der Waals surface area contributed by atoms with Crippen molar-refractivity contribution < 1.29 is 9.59 Å². The van der Waals surface area contributed by atoms with Crippen LogP contribution in [-0.4, -0.2) is 59.7 Å². The highest BCUT2D eigenvalue weighted by atomic mass is 32.2. The van der Waals surface area contributed by atoms with Gasteiger partial charge >= 0.3 is 0 Å². The Hall–Kier alpha value is -3.13. The van der Waals surface area contributed by atoms with Crippen molar-refractivity contribution in [2.75, 3.05) is 42.6 Å². The number of para-hydroxylation sites is 2. The molecular weight excluding hydrogens is 468 g/mol. The molecule has 3 aromatic rings. The number of piperazine rings is 1. The van der Waals surface area contributed by atoms with Crippen molar-refractivity contribution in [1.82, 2.24) is 9.80 Å². The summed E-state index contributed by atoms with van der Waals surface area (Å²) < 4.78 is 0. The molecule has 1 spiro atoms. The summed E-state index contributed by atoms with van der Waals surface area (Å²) in [5.74, 6) is -0.0484. The van der Waals surface area contributed by atoms with E-state index in [0.29, 0.717) is 6.67 Å². The van der Waals surface area contributed by atoms with Crippen LogP contribution in [0.15, 0.2) is 84.9 Å². The van der Waals surface area contributed by atoms with Crippen LogP contribution in [0.4, 0.5) is 11.4 Å². The summed E-state index contributed by atoms with van der Waals surface area (Å²) in [4.78, 5) is 35.1. The third-order valence-corrected chi connectivity index (χ3v) is 8.87. The Kier molecular flexibility index (Phi) is 6.07. The van der Waals surface area contributed by atoms with E-state index in [4.69, 9.17) is 0 Å². The smallest absolute Gasteiger partial charge is 0.269 e. The van der Waals surface area contributed by atoms with Gasteiger partial charge in [0.1, 0.15) is 0 Å². The lowest BCUT2D eigenvalue weighted by Crippen LogP contribution is -2.54. The van der Waals surface area contributed by atoms with Crippen LogP contribution < -0.4 is 9.80 Å². The monoisotopic (exact) mass is 498 g/mol. The van der Waals surface area contributed by atoms with E-state index in [2.05, 4.69) is 40.1 Å². The topological polar surface area (TPSA) is 47.1 Å². The van der Waals surface area contributed by atoms with Crippen LogP contribution in [0.2, 0.25) is 0 Å². The van der Waals surface area contributed by atoms with Crippen LogP contribution in [0.5, 0.6) is 0 Å². The summed E-state index contributed by atoms with van der Waals surface area (Å²) in [7, 11) is 0. The van der Waals surface area contributed by atoms with Crippen LogP contribution in [-0.2, 0) is 21.0 Å². The number of amides is 2. The second-order valence-electron chi connectivity index (χ2n) is 9.68. The molecule has 7 heteroatoms. The van der Waals surface area contributed by atoms with E-state index in [1.54, 1.807) is 4.90 Å². The number of benzene rings is 3. The zero-order valence-corrected chi connectivity index (χ0v) is 21.2. The van der Waals surface area contributed by atoms with Gasteiger partial charge < -0.3 is 0 Å². The van der Waals surface area contributed by atoms with Crippen LogP contribution in [0.1, 0.15) is 18.1 Å². The first-order valence-electron chi connectivity index (χ1n) is 12.5. The van der Waals surface area contributed by atoms with Crippen LogP contribution in [0, 0.1) is 0 Å². The van der Waals surface area contributed by atoms with E-state index in [9.17, 15) is 9.59 Å². The molecule has 3 aromatic carbocycles. The number of anilines is 2. The fourth-order valence-corrected chi connectivity index (χ4v) is 7.12. The largest absolute Gasteiger partial charge is 0.297 e. The van der Waals surface area contributed by atoms with Gasteiger partial charge in [-0.05, 0) is 30.7 Å². The molecule has 6 nitrogen and oxygen atoms in total. The Balaban J connectivity index is 1.25. The number of fused-ring (bicyclic) bond motifs is 2. The Bertz CT molecular complexity index is 1260. The Morgan fingerprint density at radius 1 is 0.806 bits per heavy atom. The standard InChI is InChI=1S/C29H30N4O2S/c1-22-27(34)33(24-12-6-3-7-13-24)29(36-22)25-14-8-9-15-26(25)32(28(29)35)21-31-18-16-30(17-19-31)20-23-10-4-2-5-11-23/h2-15,22H,16-21H2,1H3. The first kappa shape index (κ1) is 23.3. The lowest BCUT2D eigenvalue weighted by molar-refractivity contribution is -0.124. The second-order valence-corrected chi connectivity index (χ2v) is 11.2. The Morgan fingerprint density at radius 2 is 1.42 bits per heavy atom. The van der Waals surface area contributed by atoms with Crippen molar-refractivity contribution in [3.8, 4) is 0 Å². The van der Waals surface area contributed by atoms with Gasteiger partial charge in [-0.3, -0.25) is 29.2 Å². The summed E-state index contributed by atoms with van der Waals surface area (Å²) in [6, 6.07) is 28.2. The van der Waals surface area contributed by atoms with Crippen LogP contribution in [0.3, 0.4) is 0 Å². The normalized spacial score (nSPS) is 24.6. The van der Waals surface area contributed by atoms with Gasteiger partial charge in [0.05, 0.1) is 17.6 Å². The molecule has 0 aromatic heterocycles. The molecule has 0 aliphatic carbocycles. The minimum absolute atomic E-state index is 0.0225. The summed E-state index contributed by atoms with van der Waals surface area (Å²) in [5.41, 5.74) is 3.90. The number of rotatable bonds is 5. The molecule has 2 amide bonds. The third-order valence-electron chi connectivity index (χ3n) is 7.40. The highest BCUT2D eigenvalue weighted by Crippen LogP contribution is 2.57. The van der Waals surface area contributed by atoms with E-state index in [1.807, 2.05) is 66.4 Å². The molecule has 184 valence electrons. The van der Waals surface area contributed by atoms with E-state index in [1.165, 1.54) is 17.3 Å². The predicted molar refractivity (Wildman–Crippen MR) is 145 cm³/mol. The van der Waals surface area contributed by atoms with Crippen molar-refractivity contribution >= 4 is 35.0 Å². The summed E-state index contributed by atoms with van der Waals surface area (Å²) in [6.45, 7) is 7.11. The summed E-state index contributed by atoms with van der Waals surface area (Å²) in [6.07, 6.45) is 0. The molecule has 36 heavy (non-hydrogen) atoms. The van der Waals surface area contributed by atoms with Gasteiger partial charge in [0.25, 0.3) is 5.91 Å². The maximum absolute atomic E-state index is 14.3. The van der Waals surface area contributed by atoms with Gasteiger partial charge in [-0.2, -0.15) is 0 Å². The number of thioether (sulfide) groups is 1. The quantitative estimate of drug-likeness (QED) is 0.530. The molecule has 3 aliphatic rings. The fraction of sp³-hybridized carbons (Fsp3) is 0.310. The average molecular weight is 499 g/mol. The van der Waals surface area contributed by atoms with E-state index in [-0.39, 0.29) is 17.1 Å². The number of carbonyl (C=O) groups excluding carboxylic acids is 2. The minimum Gasteiger partial charge on any atom is -0.297 e. The Morgan fingerprint density at radius 3 is 2.14 bits per heavy atom. The van der Waals surface area contributed by atoms with Crippen molar-refractivity contribution in [3.63, 3.8) is 0 Å². The zero-order valence-electron chi connectivity index (χ0n) is 20.4. The van der Waals surface area contributed by atoms with Gasteiger partial charge in [-0.25, -0.2) is 0 Å². The second kappa shape index (κ2) is 9.39. The number of hydrogen-bond donors (Lipinski definition) is 0. The van der Waals surface area contributed by atoms with Crippen molar-refractivity contribution in [2.24, 2.45) is 0 Å². The van der Waals surface area contributed by atoms with Gasteiger partial charge in [-0.1, -0.05) is 66.7 Å². The predicted octanol–water partition coefficient (Wildman–Crippen LogP) is 4.13. The Labute approximate surface area is 216 Å². The summed E-state index contributed by atoms with van der Waals surface area (Å²) >= 11 is 1.46. The lowest BCUT2D eigenvalue weighted by Gasteiger charge is -2.37. The highest BCUT2D eigenvalue weighted by Gasteiger charge is 2.63. The maximum Gasteiger partial charge on any atom is 0.269 e. The first-order valence-corrected chi connectivity index (χ1v) is 13.4. The van der Waals surface area contributed by atoms with Crippen molar-refractivity contribution in [3.05, 3.63) is 96.1 Å². The van der Waals surface area contributed by atoms with Gasteiger partial charge in [0.15, 0.2) is 0 Å². The maximum atomic E-state index is 14.3. The molecule has 2 saturated heterocycles. The fourth-order valence-electron chi connectivity index (χ4n) is 5.59. The summed E-state index contributed by atoms with van der Waals surface area (Å²) in [5, 5.41) is -0.302. The van der Waals surface area contributed by atoms with Crippen LogP contribution in [0.25, 0.3) is 0 Å². The SMILES string of the molecule is CC1SC2(C(=O)N(CN3CCN(Cc4ccccc4)CC3)c3ccccc32)N(c2ccccc2)C1=O. The van der Waals surface area contributed by atoms with Gasteiger partial charge in [0.2, 0.25) is 10.8 Å². The van der Waals surface area contributed by atoms with Crippen molar-refractivity contribution in [1.29, 1.82) is 0 Å². The average Bonchev–Trinajstić information content (AvgIpc) is 3.31. The molecule has 2 atom stereocenters. The number of nitrogens with zero attached hydrogens (tertiary/aromatic N) is 4. The highest BCUT2D eigenvalue weighted by molar-refractivity contribution is 8.03. The molecule has 0 saturated carbocycles. The van der Waals surface area contributed by atoms with E-state index in [0.717, 1.165) is 49.7 Å². The molecule has 0 N–H and O–H groups in total. The van der Waals surface area contributed by atoms with Gasteiger partial charge in [0, 0.05) is 44.0 Å². The molecule has 3 aliphatic heterocycles. The van der Waals surface area contributed by atoms with Gasteiger partial charge in [-0.15, -0.1) is 11.8 Å². The zero-order chi connectivity index (χ0) is 24.7. The molecule has 6 rings (SSSR count). The first-order chi connectivity index (χ1) is 17.6. The minimum atomic E-state index is -1.07. The molecule has 3 heterocycles. The number of carbonyl (C=O) groups is 2.